The van der Waals surface area contributed by atoms with Crippen LogP contribution in [0.5, 0.6) is 11.6 Å². The number of nitrogens with one attached hydrogen (secondary N) is 1. The van der Waals surface area contributed by atoms with E-state index in [0.29, 0.717) is 78.4 Å². The van der Waals surface area contributed by atoms with Gasteiger partial charge in [-0.15, -0.1) is 0 Å². The lowest BCUT2D eigenvalue weighted by Gasteiger charge is -2.26. The van der Waals surface area contributed by atoms with E-state index >= 15 is 0 Å². The maximum atomic E-state index is 13.2. The minimum atomic E-state index is -0.528. The Hall–Kier alpha value is -4.38. The Kier molecular flexibility index (Phi) is 11.6. The van der Waals surface area contributed by atoms with E-state index in [9.17, 15) is 14.4 Å². The van der Waals surface area contributed by atoms with Gasteiger partial charge in [0.2, 0.25) is 11.8 Å². The van der Waals surface area contributed by atoms with Crippen LogP contribution in [-0.4, -0.2) is 66.6 Å². The van der Waals surface area contributed by atoms with E-state index in [4.69, 9.17) is 54.0 Å². The molecular formula is C36H35Cl3N4O6. The zero-order valence-electron chi connectivity index (χ0n) is 27.4. The molecular weight excluding hydrogens is 691 g/mol. The van der Waals surface area contributed by atoms with Crippen LogP contribution in [0, 0.1) is 5.92 Å². The standard InChI is InChI=1S/C36H35Cl3N4O6/c1-20(2)19-49-36(46)43(16-23-10-11-31(45)41-23)17-27-28(37)15-29(42-35(27)48-4)26-7-5-6-24(32(26)38)25-12-13-40-34(33(25)39)21-8-9-22(18-44)30(14-21)47-3/h5-9,12-15,18,20,23H,10-11,16-17,19H2,1-4H3,(H,41,45). The lowest BCUT2D eigenvalue weighted by atomic mass is 9.99. The minimum Gasteiger partial charge on any atom is -0.496 e. The summed E-state index contributed by atoms with van der Waals surface area (Å²) in [6.45, 7) is 4.42. The van der Waals surface area contributed by atoms with Crippen LogP contribution in [0.4, 0.5) is 4.79 Å². The van der Waals surface area contributed by atoms with E-state index < -0.39 is 6.09 Å². The summed E-state index contributed by atoms with van der Waals surface area (Å²) in [4.78, 5) is 47.2. The number of halogens is 3. The molecule has 49 heavy (non-hydrogen) atoms. The second-order valence-corrected chi connectivity index (χ2v) is 13.1. The van der Waals surface area contributed by atoms with Crippen LogP contribution in [-0.2, 0) is 16.1 Å². The number of hydrogen-bond donors (Lipinski definition) is 1. The maximum Gasteiger partial charge on any atom is 0.410 e. The molecule has 13 heteroatoms. The zero-order chi connectivity index (χ0) is 35.2. The molecule has 2 amide bonds. The summed E-state index contributed by atoms with van der Waals surface area (Å²) >= 11 is 20.9. The number of aldehydes is 1. The third-order valence-electron chi connectivity index (χ3n) is 7.99. The first-order chi connectivity index (χ1) is 23.5. The predicted molar refractivity (Wildman–Crippen MR) is 190 cm³/mol. The highest BCUT2D eigenvalue weighted by molar-refractivity contribution is 6.39. The van der Waals surface area contributed by atoms with Gasteiger partial charge in [-0.05, 0) is 36.6 Å². The van der Waals surface area contributed by atoms with Crippen LogP contribution < -0.4 is 14.8 Å². The molecule has 1 fully saturated rings. The summed E-state index contributed by atoms with van der Waals surface area (Å²) in [5.41, 5.74) is 4.29. The van der Waals surface area contributed by atoms with Crippen molar-refractivity contribution in [2.75, 3.05) is 27.4 Å². The molecule has 1 aliphatic heterocycles. The predicted octanol–water partition coefficient (Wildman–Crippen LogP) is 8.14. The number of carbonyl (C=O) groups is 3. The fourth-order valence-corrected chi connectivity index (χ4v) is 6.41. The van der Waals surface area contributed by atoms with Crippen LogP contribution in [0.3, 0.4) is 0 Å². The average Bonchev–Trinajstić information content (AvgIpc) is 3.51. The molecule has 1 N–H and O–H groups in total. The Morgan fingerprint density at radius 1 is 1.04 bits per heavy atom. The fraction of sp³-hybridized carbons (Fsp3) is 0.306. The Morgan fingerprint density at radius 3 is 2.47 bits per heavy atom. The number of ether oxygens (including phenoxy) is 3. The number of carbonyl (C=O) groups excluding carboxylic acids is 3. The van der Waals surface area contributed by atoms with Crippen LogP contribution in [0.25, 0.3) is 33.6 Å². The molecule has 3 heterocycles. The number of methoxy groups -OCH3 is 2. The van der Waals surface area contributed by atoms with Crippen molar-refractivity contribution in [2.24, 2.45) is 5.92 Å². The van der Waals surface area contributed by atoms with E-state index in [2.05, 4.69) is 10.3 Å². The molecule has 2 aromatic carbocycles. The second-order valence-electron chi connectivity index (χ2n) is 11.9. The third-order valence-corrected chi connectivity index (χ3v) is 9.11. The summed E-state index contributed by atoms with van der Waals surface area (Å²) < 4.78 is 16.6. The maximum absolute atomic E-state index is 13.2. The van der Waals surface area contributed by atoms with Gasteiger partial charge in [0.1, 0.15) is 5.75 Å². The van der Waals surface area contributed by atoms with E-state index in [-0.39, 0.29) is 43.4 Å². The molecule has 5 rings (SSSR count). The summed E-state index contributed by atoms with van der Waals surface area (Å²) in [5, 5.41) is 3.92. The highest BCUT2D eigenvalue weighted by Gasteiger charge is 2.29. The molecule has 1 aliphatic rings. The Balaban J connectivity index is 1.49. The minimum absolute atomic E-state index is 0.0420. The Morgan fingerprint density at radius 2 is 1.80 bits per heavy atom. The van der Waals surface area contributed by atoms with Crippen molar-refractivity contribution in [3.8, 4) is 45.3 Å². The molecule has 4 aromatic rings. The van der Waals surface area contributed by atoms with Crippen LogP contribution in [0.2, 0.25) is 15.1 Å². The van der Waals surface area contributed by atoms with Crippen LogP contribution in [0.1, 0.15) is 42.6 Å². The molecule has 1 saturated heterocycles. The molecule has 0 spiro atoms. The normalized spacial score (nSPS) is 14.0. The molecule has 2 aromatic heterocycles. The van der Waals surface area contributed by atoms with Gasteiger partial charge < -0.3 is 24.4 Å². The van der Waals surface area contributed by atoms with E-state index in [1.165, 1.54) is 19.1 Å². The fourth-order valence-electron chi connectivity index (χ4n) is 5.52. The van der Waals surface area contributed by atoms with Crippen molar-refractivity contribution in [1.82, 2.24) is 20.2 Å². The first-order valence-corrected chi connectivity index (χ1v) is 16.7. The van der Waals surface area contributed by atoms with Crippen molar-refractivity contribution < 1.29 is 28.6 Å². The molecule has 0 bridgehead atoms. The molecule has 256 valence electrons. The lowest BCUT2D eigenvalue weighted by Crippen LogP contribution is -2.42. The van der Waals surface area contributed by atoms with Crippen molar-refractivity contribution in [2.45, 2.75) is 39.3 Å². The van der Waals surface area contributed by atoms with E-state index in [1.54, 1.807) is 42.6 Å². The highest BCUT2D eigenvalue weighted by Crippen LogP contribution is 2.43. The molecule has 0 aliphatic carbocycles. The number of amides is 2. The molecule has 1 atom stereocenters. The number of benzene rings is 2. The first kappa shape index (κ1) is 35.9. The van der Waals surface area contributed by atoms with Gasteiger partial charge in [-0.2, -0.15) is 0 Å². The molecule has 0 radical (unpaired) electrons. The van der Waals surface area contributed by atoms with Crippen molar-refractivity contribution in [3.63, 3.8) is 0 Å². The van der Waals surface area contributed by atoms with E-state index in [1.807, 2.05) is 26.0 Å². The summed E-state index contributed by atoms with van der Waals surface area (Å²) in [6.07, 6.45) is 2.82. The Labute approximate surface area is 299 Å². The number of pyridine rings is 2. The van der Waals surface area contributed by atoms with Crippen molar-refractivity contribution in [1.29, 1.82) is 0 Å². The summed E-state index contributed by atoms with van der Waals surface area (Å²) in [5.74, 6) is 0.692. The van der Waals surface area contributed by atoms with Crippen LogP contribution in [0.15, 0.2) is 54.7 Å². The van der Waals surface area contributed by atoms with Gasteiger partial charge in [0.15, 0.2) is 6.29 Å². The topological polar surface area (TPSA) is 120 Å². The number of hydrogen-bond acceptors (Lipinski definition) is 8. The van der Waals surface area contributed by atoms with Gasteiger partial charge in [0.05, 0.1) is 65.0 Å². The zero-order valence-corrected chi connectivity index (χ0v) is 29.7. The third kappa shape index (κ3) is 8.09. The number of rotatable bonds is 12. The smallest absolute Gasteiger partial charge is 0.410 e. The lowest BCUT2D eigenvalue weighted by molar-refractivity contribution is -0.119. The largest absolute Gasteiger partial charge is 0.496 e. The molecule has 10 nitrogen and oxygen atoms in total. The van der Waals surface area contributed by atoms with Gasteiger partial charge >= 0.3 is 6.09 Å². The van der Waals surface area contributed by atoms with Gasteiger partial charge in [-0.25, -0.2) is 9.78 Å². The summed E-state index contributed by atoms with van der Waals surface area (Å²) in [7, 11) is 2.96. The average molecular weight is 726 g/mol. The first-order valence-electron chi connectivity index (χ1n) is 15.6. The quantitative estimate of drug-likeness (QED) is 0.145. The monoisotopic (exact) mass is 724 g/mol. The van der Waals surface area contributed by atoms with Gasteiger partial charge in [-0.1, -0.05) is 72.9 Å². The van der Waals surface area contributed by atoms with Crippen LogP contribution >= 0.6 is 34.8 Å². The number of nitrogens with zero attached hydrogens (tertiary/aromatic N) is 3. The van der Waals surface area contributed by atoms with Crippen molar-refractivity contribution >= 4 is 53.1 Å². The SMILES string of the molecule is COc1cc(-c2nccc(-c3cccc(-c4cc(Cl)c(CN(CC5CCC(=O)N5)C(=O)OCC(C)C)c(OC)n4)c3Cl)c2Cl)ccc1C=O. The van der Waals surface area contributed by atoms with Gasteiger partial charge in [0.25, 0.3) is 0 Å². The number of aromatic nitrogens is 2. The van der Waals surface area contributed by atoms with Gasteiger partial charge in [-0.3, -0.25) is 14.6 Å². The van der Waals surface area contributed by atoms with Crippen molar-refractivity contribution in [3.05, 3.63) is 80.9 Å². The van der Waals surface area contributed by atoms with E-state index in [0.717, 1.165) is 6.29 Å². The Bertz CT molecular complexity index is 1890. The highest BCUT2D eigenvalue weighted by atomic mass is 35.5. The second kappa shape index (κ2) is 15.9. The van der Waals surface area contributed by atoms with Gasteiger partial charge in [0, 0.05) is 47.5 Å². The molecule has 1 unspecified atom stereocenters. The molecule has 0 saturated carbocycles. The summed E-state index contributed by atoms with van der Waals surface area (Å²) in [6, 6.07) is 13.8.